The summed E-state index contributed by atoms with van der Waals surface area (Å²) in [4.78, 5) is 24.0. The van der Waals surface area contributed by atoms with Gasteiger partial charge in [-0.25, -0.2) is 0 Å². The summed E-state index contributed by atoms with van der Waals surface area (Å²) in [5.41, 5.74) is 0.0583. The van der Waals surface area contributed by atoms with Crippen molar-refractivity contribution in [3.05, 3.63) is 0 Å². The predicted octanol–water partition coefficient (Wildman–Crippen LogP) is -0.255. The Balaban J connectivity index is 2.05. The minimum Gasteiger partial charge on any atom is -0.355 e. The van der Waals surface area contributed by atoms with E-state index in [1.54, 1.807) is 6.92 Å². The molecule has 2 rings (SSSR count). The molecule has 2 aliphatic rings. The summed E-state index contributed by atoms with van der Waals surface area (Å²) >= 11 is 0. The number of amides is 2. The Bertz CT molecular complexity index is 264. The van der Waals surface area contributed by atoms with Crippen molar-refractivity contribution < 1.29 is 9.59 Å². The third-order valence-corrected chi connectivity index (χ3v) is 3.08. The maximum absolute atomic E-state index is 11.1. The number of nitrogens with one attached hydrogen (secondary N) is 1. The largest absolute Gasteiger partial charge is 0.355 e. The number of likely N-dealkylation sites (tertiary alicyclic amines) is 1. The van der Waals surface area contributed by atoms with Gasteiger partial charge in [0.1, 0.15) is 0 Å². The van der Waals surface area contributed by atoms with Gasteiger partial charge in [-0.2, -0.15) is 0 Å². The minimum atomic E-state index is 0.0583. The van der Waals surface area contributed by atoms with E-state index >= 15 is 0 Å². The van der Waals surface area contributed by atoms with Gasteiger partial charge < -0.3 is 10.2 Å². The molecule has 2 aliphatic heterocycles. The van der Waals surface area contributed by atoms with Crippen LogP contribution < -0.4 is 5.32 Å². The van der Waals surface area contributed by atoms with E-state index in [1.807, 2.05) is 4.90 Å². The van der Waals surface area contributed by atoms with Crippen molar-refractivity contribution in [3.63, 3.8) is 0 Å². The smallest absolute Gasteiger partial charge is 0.220 e. The summed E-state index contributed by atoms with van der Waals surface area (Å²) in [5.74, 6) is 0.252. The minimum absolute atomic E-state index is 0.0583. The second-order valence-electron chi connectivity index (χ2n) is 4.14. The zero-order valence-electron chi connectivity index (χ0n) is 7.80. The van der Waals surface area contributed by atoms with Crippen LogP contribution in [0.5, 0.6) is 0 Å². The fourth-order valence-electron chi connectivity index (χ4n) is 2.24. The van der Waals surface area contributed by atoms with Gasteiger partial charge in [0.15, 0.2) is 0 Å². The highest BCUT2D eigenvalue weighted by Gasteiger charge is 2.44. The highest BCUT2D eigenvalue weighted by molar-refractivity contribution is 5.80. The molecule has 72 valence electrons. The normalized spacial score (nSPS) is 32.7. The summed E-state index contributed by atoms with van der Waals surface area (Å²) in [6, 6.07) is 0. The summed E-state index contributed by atoms with van der Waals surface area (Å²) in [5, 5.41) is 2.83. The molecule has 4 heteroatoms. The van der Waals surface area contributed by atoms with E-state index in [-0.39, 0.29) is 17.2 Å². The molecule has 2 heterocycles. The van der Waals surface area contributed by atoms with E-state index in [4.69, 9.17) is 0 Å². The van der Waals surface area contributed by atoms with Gasteiger partial charge in [0.05, 0.1) is 0 Å². The Hall–Kier alpha value is -1.06. The Morgan fingerprint density at radius 2 is 2.38 bits per heavy atom. The van der Waals surface area contributed by atoms with Crippen molar-refractivity contribution in [3.8, 4) is 0 Å². The first kappa shape index (κ1) is 8.53. The van der Waals surface area contributed by atoms with E-state index in [2.05, 4.69) is 5.32 Å². The maximum Gasteiger partial charge on any atom is 0.220 e. The lowest BCUT2D eigenvalue weighted by molar-refractivity contribution is -0.128. The van der Waals surface area contributed by atoms with Crippen LogP contribution in [-0.4, -0.2) is 36.3 Å². The molecule has 1 N–H and O–H groups in total. The van der Waals surface area contributed by atoms with Gasteiger partial charge in [-0.3, -0.25) is 9.59 Å². The monoisotopic (exact) mass is 182 g/mol. The number of rotatable bonds is 0. The lowest BCUT2D eigenvalue weighted by atomic mass is 9.86. The SMILES string of the molecule is CC(=O)N1CCC2(CNC(=O)C2)C1. The predicted molar refractivity (Wildman–Crippen MR) is 46.9 cm³/mol. The standard InChI is InChI=1S/C9H14N2O2/c1-7(12)11-3-2-9(6-11)4-8(13)10-5-9/h2-6H2,1H3,(H,10,13). The number of hydrogen-bond donors (Lipinski definition) is 1. The lowest BCUT2D eigenvalue weighted by Crippen LogP contribution is -2.31. The van der Waals surface area contributed by atoms with Crippen molar-refractivity contribution in [2.24, 2.45) is 5.41 Å². The molecule has 1 atom stereocenters. The third kappa shape index (κ3) is 1.41. The molecule has 0 bridgehead atoms. The molecule has 4 nitrogen and oxygen atoms in total. The second kappa shape index (κ2) is 2.72. The van der Waals surface area contributed by atoms with Crippen molar-refractivity contribution in [2.45, 2.75) is 19.8 Å². The third-order valence-electron chi connectivity index (χ3n) is 3.08. The molecule has 2 saturated heterocycles. The maximum atomic E-state index is 11.1. The van der Waals surface area contributed by atoms with Gasteiger partial charge in [-0.1, -0.05) is 0 Å². The number of carbonyl (C=O) groups excluding carboxylic acids is 2. The van der Waals surface area contributed by atoms with E-state index in [1.165, 1.54) is 0 Å². The topological polar surface area (TPSA) is 49.4 Å². The molecular formula is C9H14N2O2. The Labute approximate surface area is 77.3 Å². The fourth-order valence-corrected chi connectivity index (χ4v) is 2.24. The zero-order valence-corrected chi connectivity index (χ0v) is 7.80. The molecule has 1 unspecified atom stereocenters. The molecule has 0 saturated carbocycles. The van der Waals surface area contributed by atoms with E-state index < -0.39 is 0 Å². The summed E-state index contributed by atoms with van der Waals surface area (Å²) in [6.07, 6.45) is 1.56. The molecule has 0 radical (unpaired) electrons. The van der Waals surface area contributed by atoms with E-state index in [0.717, 1.165) is 26.1 Å². The van der Waals surface area contributed by atoms with Crippen LogP contribution in [0.1, 0.15) is 19.8 Å². The highest BCUT2D eigenvalue weighted by atomic mass is 16.2. The van der Waals surface area contributed by atoms with E-state index in [9.17, 15) is 9.59 Å². The van der Waals surface area contributed by atoms with Crippen LogP contribution >= 0.6 is 0 Å². The van der Waals surface area contributed by atoms with Crippen LogP contribution in [0.3, 0.4) is 0 Å². The zero-order chi connectivity index (χ0) is 9.47. The molecule has 13 heavy (non-hydrogen) atoms. The first-order chi connectivity index (χ1) is 6.11. The second-order valence-corrected chi connectivity index (χ2v) is 4.14. The number of nitrogens with zero attached hydrogens (tertiary/aromatic N) is 1. The Morgan fingerprint density at radius 1 is 1.62 bits per heavy atom. The van der Waals surface area contributed by atoms with Crippen LogP contribution in [0.4, 0.5) is 0 Å². The first-order valence-electron chi connectivity index (χ1n) is 4.64. The van der Waals surface area contributed by atoms with Crippen LogP contribution in [0, 0.1) is 5.41 Å². The van der Waals surface area contributed by atoms with Crippen LogP contribution in [-0.2, 0) is 9.59 Å². The van der Waals surface area contributed by atoms with Crippen LogP contribution in [0.25, 0.3) is 0 Å². The molecule has 0 aliphatic carbocycles. The van der Waals surface area contributed by atoms with Crippen molar-refractivity contribution in [2.75, 3.05) is 19.6 Å². The molecule has 0 aromatic rings. The summed E-state index contributed by atoms with van der Waals surface area (Å²) < 4.78 is 0. The quantitative estimate of drug-likeness (QED) is 0.561. The first-order valence-corrected chi connectivity index (χ1v) is 4.64. The summed E-state index contributed by atoms with van der Waals surface area (Å²) in [6.45, 7) is 3.89. The van der Waals surface area contributed by atoms with Crippen molar-refractivity contribution in [1.29, 1.82) is 0 Å². The van der Waals surface area contributed by atoms with Crippen molar-refractivity contribution >= 4 is 11.8 Å². The fraction of sp³-hybridized carbons (Fsp3) is 0.778. The Kier molecular flexibility index (Phi) is 1.78. The molecule has 2 amide bonds. The Morgan fingerprint density at radius 3 is 2.85 bits per heavy atom. The van der Waals surface area contributed by atoms with Gasteiger partial charge in [0.25, 0.3) is 0 Å². The van der Waals surface area contributed by atoms with Gasteiger partial charge in [0, 0.05) is 38.4 Å². The van der Waals surface area contributed by atoms with Gasteiger partial charge in [0.2, 0.25) is 11.8 Å². The van der Waals surface area contributed by atoms with Crippen LogP contribution in [0.2, 0.25) is 0 Å². The van der Waals surface area contributed by atoms with Gasteiger partial charge in [-0.05, 0) is 6.42 Å². The molecule has 0 aromatic carbocycles. The summed E-state index contributed by atoms with van der Waals surface area (Å²) in [7, 11) is 0. The van der Waals surface area contributed by atoms with Crippen molar-refractivity contribution in [1.82, 2.24) is 10.2 Å². The highest BCUT2D eigenvalue weighted by Crippen LogP contribution is 2.36. The van der Waals surface area contributed by atoms with E-state index in [0.29, 0.717) is 6.42 Å². The average molecular weight is 182 g/mol. The number of carbonyl (C=O) groups is 2. The van der Waals surface area contributed by atoms with Gasteiger partial charge >= 0.3 is 0 Å². The lowest BCUT2D eigenvalue weighted by Gasteiger charge is -2.20. The van der Waals surface area contributed by atoms with Gasteiger partial charge in [-0.15, -0.1) is 0 Å². The van der Waals surface area contributed by atoms with Crippen LogP contribution in [0.15, 0.2) is 0 Å². The molecular weight excluding hydrogens is 168 g/mol. The molecule has 1 spiro atoms. The number of hydrogen-bond acceptors (Lipinski definition) is 2. The molecule has 0 aromatic heterocycles. The molecule has 2 fully saturated rings. The average Bonchev–Trinajstić information content (AvgIpc) is 2.61.